The predicted octanol–water partition coefficient (Wildman–Crippen LogP) is 3.14. The molecule has 1 aromatic carbocycles. The van der Waals surface area contributed by atoms with E-state index in [1.54, 1.807) is 17.7 Å². The van der Waals surface area contributed by atoms with Crippen LogP contribution in [0.25, 0.3) is 10.9 Å². The fourth-order valence-corrected chi connectivity index (χ4v) is 3.89. The predicted molar refractivity (Wildman–Crippen MR) is 103 cm³/mol. The maximum absolute atomic E-state index is 12.4. The normalized spacial score (nSPS) is 16.6. The summed E-state index contributed by atoms with van der Waals surface area (Å²) in [4.78, 5) is 26.0. The molecule has 1 aliphatic rings. The first kappa shape index (κ1) is 18.6. The fourth-order valence-electron chi connectivity index (χ4n) is 3.89. The van der Waals surface area contributed by atoms with Crippen LogP contribution in [0.1, 0.15) is 56.6 Å². The Kier molecular flexibility index (Phi) is 5.77. The van der Waals surface area contributed by atoms with Gasteiger partial charge >= 0.3 is 0 Å². The van der Waals surface area contributed by atoms with Gasteiger partial charge in [0.2, 0.25) is 5.91 Å². The van der Waals surface area contributed by atoms with Gasteiger partial charge in [-0.1, -0.05) is 25.3 Å². The highest BCUT2D eigenvalue weighted by atomic mass is 16.3. The molecule has 1 saturated carbocycles. The number of fused-ring (bicyclic) bond motifs is 1. The zero-order chi connectivity index (χ0) is 18.7. The molecule has 0 radical (unpaired) electrons. The van der Waals surface area contributed by atoms with Crippen LogP contribution in [-0.2, 0) is 11.8 Å². The Bertz CT molecular complexity index is 837. The van der Waals surface area contributed by atoms with Crippen molar-refractivity contribution < 1.29 is 9.90 Å². The molecule has 3 rings (SSSR count). The van der Waals surface area contributed by atoms with Gasteiger partial charge in [-0.2, -0.15) is 0 Å². The smallest absolute Gasteiger partial charge is 0.250 e. The number of aliphatic hydroxyl groups is 1. The summed E-state index contributed by atoms with van der Waals surface area (Å²) in [7, 11) is 3.63. The first-order chi connectivity index (χ1) is 12.5. The number of aliphatic hydroxyl groups excluding tert-OH is 1. The number of benzene rings is 1. The van der Waals surface area contributed by atoms with Crippen molar-refractivity contribution in [1.82, 2.24) is 9.47 Å². The minimum atomic E-state index is -0.680. The van der Waals surface area contributed by atoms with Crippen molar-refractivity contribution in [2.75, 3.05) is 7.05 Å². The van der Waals surface area contributed by atoms with E-state index in [-0.39, 0.29) is 11.5 Å². The molecule has 1 fully saturated rings. The van der Waals surface area contributed by atoms with Crippen molar-refractivity contribution in [1.29, 1.82) is 0 Å². The van der Waals surface area contributed by atoms with E-state index in [9.17, 15) is 14.7 Å². The van der Waals surface area contributed by atoms with Gasteiger partial charge in [0.15, 0.2) is 0 Å². The second-order valence-electron chi connectivity index (χ2n) is 7.40. The topological polar surface area (TPSA) is 62.5 Å². The molecule has 0 aliphatic heterocycles. The van der Waals surface area contributed by atoms with Crippen LogP contribution in [0.5, 0.6) is 0 Å². The number of aryl methyl sites for hydroxylation is 1. The summed E-state index contributed by atoms with van der Waals surface area (Å²) in [6, 6.07) is 9.24. The number of hydrogen-bond donors (Lipinski definition) is 1. The second-order valence-corrected chi connectivity index (χ2v) is 7.40. The van der Waals surface area contributed by atoms with Crippen LogP contribution in [0.15, 0.2) is 35.1 Å². The summed E-state index contributed by atoms with van der Waals surface area (Å²) >= 11 is 0. The van der Waals surface area contributed by atoms with E-state index >= 15 is 0 Å². The lowest BCUT2D eigenvalue weighted by atomic mass is 9.94. The quantitative estimate of drug-likeness (QED) is 0.895. The van der Waals surface area contributed by atoms with E-state index in [4.69, 9.17) is 0 Å². The van der Waals surface area contributed by atoms with Gasteiger partial charge < -0.3 is 14.6 Å². The Hall–Kier alpha value is -2.14. The molecule has 0 saturated heterocycles. The van der Waals surface area contributed by atoms with Crippen LogP contribution in [0, 0.1) is 0 Å². The second kappa shape index (κ2) is 8.04. The molecule has 1 unspecified atom stereocenters. The molecule has 1 heterocycles. The molecule has 1 amide bonds. The number of carbonyl (C=O) groups is 1. The maximum atomic E-state index is 12.4. The van der Waals surface area contributed by atoms with Gasteiger partial charge in [0, 0.05) is 32.6 Å². The van der Waals surface area contributed by atoms with Crippen molar-refractivity contribution in [3.8, 4) is 0 Å². The van der Waals surface area contributed by atoms with Gasteiger partial charge in [-0.25, -0.2) is 0 Å². The SMILES string of the molecule is CN(C(=O)CCC(O)c1ccc2c(ccc(=O)n2C)c1)C1CCCCC1. The van der Waals surface area contributed by atoms with Gasteiger partial charge in [-0.3, -0.25) is 9.59 Å². The Labute approximate surface area is 154 Å². The van der Waals surface area contributed by atoms with E-state index in [1.165, 1.54) is 25.3 Å². The number of pyridine rings is 1. The molecule has 0 bridgehead atoms. The van der Waals surface area contributed by atoms with Crippen LogP contribution in [0.3, 0.4) is 0 Å². The Morgan fingerprint density at radius 2 is 1.96 bits per heavy atom. The maximum Gasteiger partial charge on any atom is 0.250 e. The molecular formula is C21H28N2O3. The molecule has 0 spiro atoms. The number of carbonyl (C=O) groups excluding carboxylic acids is 1. The van der Waals surface area contributed by atoms with E-state index in [1.807, 2.05) is 30.1 Å². The summed E-state index contributed by atoms with van der Waals surface area (Å²) < 4.78 is 1.59. The summed E-state index contributed by atoms with van der Waals surface area (Å²) in [5.74, 6) is 0.110. The van der Waals surface area contributed by atoms with Gasteiger partial charge in [0.25, 0.3) is 5.56 Å². The largest absolute Gasteiger partial charge is 0.388 e. The van der Waals surface area contributed by atoms with Crippen molar-refractivity contribution >= 4 is 16.8 Å². The Morgan fingerprint density at radius 1 is 1.23 bits per heavy atom. The summed E-state index contributed by atoms with van der Waals surface area (Å²) in [6.07, 6.45) is 5.93. The van der Waals surface area contributed by atoms with Crippen molar-refractivity contribution in [3.05, 3.63) is 46.2 Å². The fraction of sp³-hybridized carbons (Fsp3) is 0.524. The monoisotopic (exact) mass is 356 g/mol. The molecule has 1 aromatic heterocycles. The Balaban J connectivity index is 1.63. The van der Waals surface area contributed by atoms with E-state index in [2.05, 4.69) is 0 Å². The number of rotatable bonds is 5. The van der Waals surface area contributed by atoms with Gasteiger partial charge in [-0.05, 0) is 48.4 Å². The lowest BCUT2D eigenvalue weighted by Gasteiger charge is -2.31. The zero-order valence-electron chi connectivity index (χ0n) is 15.6. The van der Waals surface area contributed by atoms with Gasteiger partial charge in [0.05, 0.1) is 11.6 Å². The van der Waals surface area contributed by atoms with E-state index in [0.717, 1.165) is 29.3 Å². The third kappa shape index (κ3) is 3.98. The van der Waals surface area contributed by atoms with Gasteiger partial charge in [0.1, 0.15) is 0 Å². The van der Waals surface area contributed by atoms with Crippen molar-refractivity contribution in [3.63, 3.8) is 0 Å². The van der Waals surface area contributed by atoms with Crippen LogP contribution >= 0.6 is 0 Å². The number of hydrogen-bond acceptors (Lipinski definition) is 3. The zero-order valence-corrected chi connectivity index (χ0v) is 15.6. The Morgan fingerprint density at radius 3 is 2.69 bits per heavy atom. The highest BCUT2D eigenvalue weighted by Crippen LogP contribution is 2.25. The van der Waals surface area contributed by atoms with E-state index in [0.29, 0.717) is 18.9 Å². The average Bonchev–Trinajstić information content (AvgIpc) is 2.68. The highest BCUT2D eigenvalue weighted by Gasteiger charge is 2.22. The van der Waals surface area contributed by atoms with Crippen LogP contribution in [-0.4, -0.2) is 33.6 Å². The molecule has 1 aliphatic carbocycles. The summed E-state index contributed by atoms with van der Waals surface area (Å²) in [5.41, 5.74) is 1.56. The molecule has 2 aromatic rings. The van der Waals surface area contributed by atoms with Crippen molar-refractivity contribution in [2.24, 2.45) is 7.05 Å². The number of amides is 1. The van der Waals surface area contributed by atoms with Gasteiger partial charge in [-0.15, -0.1) is 0 Å². The third-order valence-electron chi connectivity index (χ3n) is 5.68. The van der Waals surface area contributed by atoms with Crippen molar-refractivity contribution in [2.45, 2.75) is 57.1 Å². The molecular weight excluding hydrogens is 328 g/mol. The van der Waals surface area contributed by atoms with E-state index < -0.39 is 6.10 Å². The summed E-state index contributed by atoms with van der Waals surface area (Å²) in [5, 5.41) is 11.4. The first-order valence-corrected chi connectivity index (χ1v) is 9.51. The highest BCUT2D eigenvalue weighted by molar-refractivity contribution is 5.80. The molecule has 140 valence electrons. The molecule has 1 atom stereocenters. The third-order valence-corrected chi connectivity index (χ3v) is 5.68. The van der Waals surface area contributed by atoms with Crippen LogP contribution < -0.4 is 5.56 Å². The summed E-state index contributed by atoms with van der Waals surface area (Å²) in [6.45, 7) is 0. The lowest BCUT2D eigenvalue weighted by molar-refractivity contribution is -0.133. The van der Waals surface area contributed by atoms with Crippen LogP contribution in [0.2, 0.25) is 0 Å². The number of aromatic nitrogens is 1. The average molecular weight is 356 g/mol. The number of nitrogens with zero attached hydrogens (tertiary/aromatic N) is 2. The standard InChI is InChI=1S/C21H28N2O3/c1-22(17-6-4-3-5-7-17)20(25)13-11-19(24)16-8-10-18-15(14-16)9-12-21(26)23(18)2/h8-10,12,14,17,19,24H,3-7,11,13H2,1-2H3. The van der Waals surface area contributed by atoms with Crippen LogP contribution in [0.4, 0.5) is 0 Å². The lowest BCUT2D eigenvalue weighted by Crippen LogP contribution is -2.38. The minimum Gasteiger partial charge on any atom is -0.388 e. The first-order valence-electron chi connectivity index (χ1n) is 9.51. The minimum absolute atomic E-state index is 0.0536. The molecule has 26 heavy (non-hydrogen) atoms. The molecule has 1 N–H and O–H groups in total. The molecule has 5 heteroatoms. The molecule has 5 nitrogen and oxygen atoms in total.